The molecule has 1 aromatic carbocycles. The molecule has 112 valence electrons. The number of rotatable bonds is 5. The van der Waals surface area contributed by atoms with E-state index in [0.29, 0.717) is 0 Å². The first-order chi connectivity index (χ1) is 10.0. The second kappa shape index (κ2) is 6.54. The van der Waals surface area contributed by atoms with E-state index in [0.717, 1.165) is 17.0 Å². The number of carbonyl (C=O) groups is 1. The van der Waals surface area contributed by atoms with E-state index in [4.69, 9.17) is 0 Å². The van der Waals surface area contributed by atoms with Crippen LogP contribution in [-0.4, -0.2) is 27.4 Å². The molecule has 2 atom stereocenters. The molecule has 0 aliphatic rings. The second-order valence-electron chi connectivity index (χ2n) is 5.20. The molecule has 2 rings (SSSR count). The Kier molecular flexibility index (Phi) is 4.75. The summed E-state index contributed by atoms with van der Waals surface area (Å²) in [6.45, 7) is 5.48. The molecule has 2 unspecified atom stereocenters. The fourth-order valence-electron chi connectivity index (χ4n) is 2.36. The number of aromatic nitrogens is 2. The molecule has 2 N–H and O–H groups in total. The van der Waals surface area contributed by atoms with Crippen molar-refractivity contribution in [2.24, 2.45) is 0 Å². The van der Waals surface area contributed by atoms with Crippen LogP contribution in [0.1, 0.15) is 36.0 Å². The number of aryl methyl sites for hydroxylation is 2. The van der Waals surface area contributed by atoms with Crippen molar-refractivity contribution in [2.75, 3.05) is 6.61 Å². The van der Waals surface area contributed by atoms with Gasteiger partial charge in [-0.05, 0) is 32.4 Å². The van der Waals surface area contributed by atoms with Crippen LogP contribution in [0.5, 0.6) is 0 Å². The summed E-state index contributed by atoms with van der Waals surface area (Å²) in [5.74, 6) is -0.163. The highest BCUT2D eigenvalue weighted by molar-refractivity contribution is 5.80. The van der Waals surface area contributed by atoms with Crippen LogP contribution in [0.25, 0.3) is 0 Å². The molecule has 0 saturated carbocycles. The maximum absolute atomic E-state index is 12.4. The average Bonchev–Trinajstić information content (AvgIpc) is 2.83. The fourth-order valence-corrected chi connectivity index (χ4v) is 2.36. The van der Waals surface area contributed by atoms with Gasteiger partial charge in [0, 0.05) is 5.69 Å². The molecule has 1 amide bonds. The first-order valence-corrected chi connectivity index (χ1v) is 7.02. The topological polar surface area (TPSA) is 67.2 Å². The predicted octanol–water partition coefficient (Wildman–Crippen LogP) is 1.91. The van der Waals surface area contributed by atoms with Crippen LogP contribution < -0.4 is 5.32 Å². The Bertz CT molecular complexity index is 607. The van der Waals surface area contributed by atoms with Gasteiger partial charge in [-0.3, -0.25) is 9.48 Å². The number of aliphatic hydroxyl groups is 1. The Balaban J connectivity index is 2.11. The number of amides is 1. The predicted molar refractivity (Wildman–Crippen MR) is 80.8 cm³/mol. The summed E-state index contributed by atoms with van der Waals surface area (Å²) in [5, 5.41) is 16.7. The standard InChI is InChI=1S/C16H21N3O2/c1-11-9-12(2)19(18-11)13(3)16(21)17-15(10-20)14-7-5-4-6-8-14/h4-9,13,15,20H,10H2,1-3H3,(H,17,21). The molecule has 0 saturated heterocycles. The SMILES string of the molecule is Cc1cc(C)n(C(C)C(=O)NC(CO)c2ccccc2)n1. The van der Waals surface area contributed by atoms with E-state index in [1.54, 1.807) is 11.6 Å². The Morgan fingerprint density at radius 3 is 2.52 bits per heavy atom. The quantitative estimate of drug-likeness (QED) is 0.882. The van der Waals surface area contributed by atoms with Gasteiger partial charge in [0.1, 0.15) is 6.04 Å². The lowest BCUT2D eigenvalue weighted by Crippen LogP contribution is -2.36. The maximum Gasteiger partial charge on any atom is 0.245 e. The van der Waals surface area contributed by atoms with Crippen molar-refractivity contribution >= 4 is 5.91 Å². The average molecular weight is 287 g/mol. The van der Waals surface area contributed by atoms with Crippen molar-refractivity contribution < 1.29 is 9.90 Å². The van der Waals surface area contributed by atoms with Crippen molar-refractivity contribution in [1.29, 1.82) is 0 Å². The zero-order valence-corrected chi connectivity index (χ0v) is 12.6. The molecule has 0 bridgehead atoms. The van der Waals surface area contributed by atoms with Crippen LogP contribution in [0.2, 0.25) is 0 Å². The summed E-state index contributed by atoms with van der Waals surface area (Å²) in [7, 11) is 0. The van der Waals surface area contributed by atoms with Crippen molar-refractivity contribution in [3.8, 4) is 0 Å². The Morgan fingerprint density at radius 1 is 1.33 bits per heavy atom. The number of nitrogens with one attached hydrogen (secondary N) is 1. The molecule has 21 heavy (non-hydrogen) atoms. The van der Waals surface area contributed by atoms with Gasteiger partial charge >= 0.3 is 0 Å². The number of aliphatic hydroxyl groups excluding tert-OH is 1. The highest BCUT2D eigenvalue weighted by atomic mass is 16.3. The summed E-state index contributed by atoms with van der Waals surface area (Å²) in [6.07, 6.45) is 0. The minimum atomic E-state index is -0.420. The van der Waals surface area contributed by atoms with E-state index >= 15 is 0 Å². The zero-order chi connectivity index (χ0) is 15.4. The van der Waals surface area contributed by atoms with E-state index in [2.05, 4.69) is 10.4 Å². The second-order valence-corrected chi connectivity index (χ2v) is 5.20. The molecular formula is C16H21N3O2. The van der Waals surface area contributed by atoms with Crippen molar-refractivity contribution in [2.45, 2.75) is 32.9 Å². The third-order valence-electron chi connectivity index (χ3n) is 3.49. The van der Waals surface area contributed by atoms with E-state index in [9.17, 15) is 9.90 Å². The van der Waals surface area contributed by atoms with Crippen LogP contribution in [0.15, 0.2) is 36.4 Å². The monoisotopic (exact) mass is 287 g/mol. The first-order valence-electron chi connectivity index (χ1n) is 7.02. The molecule has 2 aromatic rings. The van der Waals surface area contributed by atoms with E-state index in [1.165, 1.54) is 0 Å². The van der Waals surface area contributed by atoms with Crippen LogP contribution in [-0.2, 0) is 4.79 Å². The van der Waals surface area contributed by atoms with E-state index in [1.807, 2.05) is 50.2 Å². The van der Waals surface area contributed by atoms with Gasteiger partial charge in [-0.1, -0.05) is 30.3 Å². The van der Waals surface area contributed by atoms with E-state index < -0.39 is 12.1 Å². The number of benzene rings is 1. The normalized spacial score (nSPS) is 13.7. The van der Waals surface area contributed by atoms with Crippen LogP contribution in [0.4, 0.5) is 0 Å². The number of hydrogen-bond acceptors (Lipinski definition) is 3. The van der Waals surface area contributed by atoms with Gasteiger partial charge in [-0.25, -0.2) is 0 Å². The van der Waals surface area contributed by atoms with Gasteiger partial charge in [-0.15, -0.1) is 0 Å². The molecule has 1 aromatic heterocycles. The molecule has 0 radical (unpaired) electrons. The summed E-state index contributed by atoms with van der Waals surface area (Å²) in [5.41, 5.74) is 2.71. The van der Waals surface area contributed by atoms with Crippen LogP contribution in [0, 0.1) is 13.8 Å². The minimum Gasteiger partial charge on any atom is -0.394 e. The molecule has 0 spiro atoms. The van der Waals surface area contributed by atoms with Crippen LogP contribution in [0.3, 0.4) is 0 Å². The summed E-state index contributed by atoms with van der Waals surface area (Å²) >= 11 is 0. The Morgan fingerprint density at radius 2 is 2.00 bits per heavy atom. The van der Waals surface area contributed by atoms with E-state index in [-0.39, 0.29) is 12.5 Å². The van der Waals surface area contributed by atoms with Crippen molar-refractivity contribution in [3.05, 3.63) is 53.3 Å². The summed E-state index contributed by atoms with van der Waals surface area (Å²) in [6, 6.07) is 10.5. The largest absolute Gasteiger partial charge is 0.394 e. The highest BCUT2D eigenvalue weighted by Crippen LogP contribution is 2.15. The van der Waals surface area contributed by atoms with Gasteiger partial charge < -0.3 is 10.4 Å². The number of hydrogen-bond donors (Lipinski definition) is 2. The fraction of sp³-hybridized carbons (Fsp3) is 0.375. The van der Waals surface area contributed by atoms with Crippen LogP contribution >= 0.6 is 0 Å². The number of nitrogens with zero attached hydrogens (tertiary/aromatic N) is 2. The van der Waals surface area contributed by atoms with Gasteiger partial charge in [0.2, 0.25) is 5.91 Å². The minimum absolute atomic E-state index is 0.139. The van der Waals surface area contributed by atoms with Crippen molar-refractivity contribution in [3.63, 3.8) is 0 Å². The molecule has 0 aliphatic heterocycles. The first kappa shape index (κ1) is 15.3. The third-order valence-corrected chi connectivity index (χ3v) is 3.49. The van der Waals surface area contributed by atoms with Gasteiger partial charge in [0.15, 0.2) is 0 Å². The zero-order valence-electron chi connectivity index (χ0n) is 12.6. The smallest absolute Gasteiger partial charge is 0.245 e. The molecule has 1 heterocycles. The molecular weight excluding hydrogens is 266 g/mol. The molecule has 0 fully saturated rings. The molecule has 5 heteroatoms. The lowest BCUT2D eigenvalue weighted by atomic mass is 10.1. The molecule has 0 aliphatic carbocycles. The molecule has 5 nitrogen and oxygen atoms in total. The summed E-state index contributed by atoms with van der Waals surface area (Å²) < 4.78 is 1.70. The van der Waals surface area contributed by atoms with Gasteiger partial charge in [0.25, 0.3) is 0 Å². The van der Waals surface area contributed by atoms with Crippen molar-refractivity contribution in [1.82, 2.24) is 15.1 Å². The summed E-state index contributed by atoms with van der Waals surface area (Å²) in [4.78, 5) is 12.4. The third kappa shape index (κ3) is 3.49. The van der Waals surface area contributed by atoms with Gasteiger partial charge in [0.05, 0.1) is 18.3 Å². The lowest BCUT2D eigenvalue weighted by Gasteiger charge is -2.20. The highest BCUT2D eigenvalue weighted by Gasteiger charge is 2.21. The lowest BCUT2D eigenvalue weighted by molar-refractivity contribution is -0.125. The Labute approximate surface area is 124 Å². The number of carbonyl (C=O) groups excluding carboxylic acids is 1. The maximum atomic E-state index is 12.4. The van der Waals surface area contributed by atoms with Gasteiger partial charge in [-0.2, -0.15) is 5.10 Å². The Hall–Kier alpha value is -2.14.